The van der Waals surface area contributed by atoms with Gasteiger partial charge in [-0.3, -0.25) is 4.40 Å². The minimum absolute atomic E-state index is 0.513. The number of thioether (sulfide) groups is 1. The second kappa shape index (κ2) is 4.96. The highest BCUT2D eigenvalue weighted by Gasteiger charge is 2.06. The molecule has 0 amide bonds. The molecule has 0 aliphatic heterocycles. The smallest absolute Gasteiger partial charge is 0.195 e. The monoisotopic (exact) mass is 276 g/mol. The Bertz CT molecular complexity index is 682. The normalized spacial score (nSPS) is 10.9. The highest BCUT2D eigenvalue weighted by atomic mass is 35.5. The summed E-state index contributed by atoms with van der Waals surface area (Å²) in [7, 11) is 0. The highest BCUT2D eigenvalue weighted by molar-refractivity contribution is 7.98. The van der Waals surface area contributed by atoms with Crippen molar-refractivity contribution < 1.29 is 0 Å². The fourth-order valence-electron chi connectivity index (χ4n) is 1.59. The number of halogens is 1. The second-order valence-corrected chi connectivity index (χ2v) is 4.98. The first-order valence-electron chi connectivity index (χ1n) is 5.37. The van der Waals surface area contributed by atoms with Crippen LogP contribution < -0.4 is 0 Å². The molecule has 0 saturated carbocycles. The van der Waals surface area contributed by atoms with E-state index in [1.54, 1.807) is 17.8 Å². The maximum Gasteiger partial charge on any atom is 0.195 e. The van der Waals surface area contributed by atoms with Gasteiger partial charge in [0.1, 0.15) is 5.15 Å². The molecular formula is C12H9ClN4S. The standard InChI is InChI=1S/C12H9ClN4S/c13-10-5-3-4-9(14-10)8-18-12-16-15-11-6-1-2-7-17(11)12/h1-7H,8H2. The van der Waals surface area contributed by atoms with Crippen molar-refractivity contribution in [2.45, 2.75) is 10.9 Å². The molecule has 4 nitrogen and oxygen atoms in total. The summed E-state index contributed by atoms with van der Waals surface area (Å²) in [5.41, 5.74) is 1.78. The largest absolute Gasteiger partial charge is 0.277 e. The van der Waals surface area contributed by atoms with Gasteiger partial charge in [0.05, 0.1) is 5.69 Å². The van der Waals surface area contributed by atoms with Crippen LogP contribution in [-0.2, 0) is 5.75 Å². The van der Waals surface area contributed by atoms with E-state index < -0.39 is 0 Å². The Labute approximate surface area is 113 Å². The van der Waals surface area contributed by atoms with E-state index in [1.165, 1.54) is 0 Å². The van der Waals surface area contributed by atoms with Gasteiger partial charge in [-0.1, -0.05) is 35.5 Å². The van der Waals surface area contributed by atoms with Crippen LogP contribution in [0.3, 0.4) is 0 Å². The molecule has 0 spiro atoms. The zero-order valence-electron chi connectivity index (χ0n) is 9.32. The number of aromatic nitrogens is 4. The predicted molar refractivity (Wildman–Crippen MR) is 71.8 cm³/mol. The number of hydrogen-bond acceptors (Lipinski definition) is 4. The van der Waals surface area contributed by atoms with Gasteiger partial charge in [0.2, 0.25) is 0 Å². The number of fused-ring (bicyclic) bond motifs is 1. The van der Waals surface area contributed by atoms with Crippen LogP contribution in [0.2, 0.25) is 5.15 Å². The van der Waals surface area contributed by atoms with Crippen LogP contribution in [0.5, 0.6) is 0 Å². The van der Waals surface area contributed by atoms with Crippen LogP contribution in [0.15, 0.2) is 47.8 Å². The molecule has 0 N–H and O–H groups in total. The summed E-state index contributed by atoms with van der Waals surface area (Å²) >= 11 is 7.43. The molecule has 3 aromatic rings. The first-order chi connectivity index (χ1) is 8.83. The Kier molecular flexibility index (Phi) is 3.17. The maximum absolute atomic E-state index is 5.85. The summed E-state index contributed by atoms with van der Waals surface area (Å²) in [5, 5.41) is 9.61. The van der Waals surface area contributed by atoms with Crippen LogP contribution in [0.25, 0.3) is 5.65 Å². The lowest BCUT2D eigenvalue weighted by Gasteiger charge is -2.00. The topological polar surface area (TPSA) is 43.1 Å². The molecule has 0 aromatic carbocycles. The molecule has 3 aromatic heterocycles. The molecule has 0 atom stereocenters. The quantitative estimate of drug-likeness (QED) is 0.545. The Hall–Kier alpha value is -1.59. The lowest BCUT2D eigenvalue weighted by molar-refractivity contribution is 0.920. The summed E-state index contributed by atoms with van der Waals surface area (Å²) in [4.78, 5) is 4.24. The number of pyridine rings is 2. The summed E-state index contributed by atoms with van der Waals surface area (Å²) in [6.07, 6.45) is 1.95. The van der Waals surface area contributed by atoms with E-state index in [1.807, 2.05) is 40.9 Å². The Balaban J connectivity index is 1.81. The second-order valence-electron chi connectivity index (χ2n) is 3.65. The third-order valence-electron chi connectivity index (χ3n) is 2.40. The van der Waals surface area contributed by atoms with Crippen LogP contribution in [0, 0.1) is 0 Å². The zero-order valence-corrected chi connectivity index (χ0v) is 10.9. The first-order valence-corrected chi connectivity index (χ1v) is 6.73. The van der Waals surface area contributed by atoms with Crippen LogP contribution in [-0.4, -0.2) is 19.6 Å². The molecule has 0 bridgehead atoms. The SMILES string of the molecule is Clc1cccc(CSc2nnc3ccccn23)n1. The van der Waals surface area contributed by atoms with Crippen molar-refractivity contribution in [3.63, 3.8) is 0 Å². The molecule has 3 rings (SSSR count). The first kappa shape index (κ1) is 11.5. The fraction of sp³-hybridized carbons (Fsp3) is 0.0833. The highest BCUT2D eigenvalue weighted by Crippen LogP contribution is 2.21. The summed E-state index contributed by atoms with van der Waals surface area (Å²) < 4.78 is 1.95. The van der Waals surface area contributed by atoms with Crippen molar-refractivity contribution in [3.05, 3.63) is 53.4 Å². The van der Waals surface area contributed by atoms with Crippen molar-refractivity contribution in [1.82, 2.24) is 19.6 Å². The van der Waals surface area contributed by atoms with E-state index >= 15 is 0 Å². The van der Waals surface area contributed by atoms with Crippen LogP contribution in [0.1, 0.15) is 5.69 Å². The van der Waals surface area contributed by atoms with E-state index in [2.05, 4.69) is 15.2 Å². The zero-order chi connectivity index (χ0) is 12.4. The van der Waals surface area contributed by atoms with E-state index in [9.17, 15) is 0 Å². The molecule has 6 heteroatoms. The van der Waals surface area contributed by atoms with Gasteiger partial charge in [-0.25, -0.2) is 4.98 Å². The molecule has 0 saturated heterocycles. The van der Waals surface area contributed by atoms with E-state index in [4.69, 9.17) is 11.6 Å². The van der Waals surface area contributed by atoms with Crippen molar-refractivity contribution in [2.24, 2.45) is 0 Å². The molecule has 18 heavy (non-hydrogen) atoms. The van der Waals surface area contributed by atoms with E-state index in [-0.39, 0.29) is 0 Å². The lowest BCUT2D eigenvalue weighted by atomic mass is 10.4. The number of hydrogen-bond donors (Lipinski definition) is 0. The molecular weight excluding hydrogens is 268 g/mol. The minimum Gasteiger partial charge on any atom is -0.277 e. The molecule has 0 aliphatic rings. The van der Waals surface area contributed by atoms with Gasteiger partial charge in [0, 0.05) is 11.9 Å². The third kappa shape index (κ3) is 2.32. The molecule has 90 valence electrons. The van der Waals surface area contributed by atoms with Gasteiger partial charge in [-0.15, -0.1) is 10.2 Å². The average Bonchev–Trinajstić information content (AvgIpc) is 2.80. The Morgan fingerprint density at radius 3 is 2.94 bits per heavy atom. The third-order valence-corrected chi connectivity index (χ3v) is 3.59. The summed E-state index contributed by atoms with van der Waals surface area (Å²) in [5.74, 6) is 0.718. The van der Waals surface area contributed by atoms with Gasteiger partial charge in [0.15, 0.2) is 10.8 Å². The lowest BCUT2D eigenvalue weighted by Crippen LogP contribution is -1.90. The van der Waals surface area contributed by atoms with Gasteiger partial charge in [-0.05, 0) is 24.3 Å². The molecule has 3 heterocycles. The van der Waals surface area contributed by atoms with Crippen LogP contribution >= 0.6 is 23.4 Å². The summed E-state index contributed by atoms with van der Waals surface area (Å²) in [6, 6.07) is 11.4. The predicted octanol–water partition coefficient (Wildman–Crippen LogP) is 3.07. The van der Waals surface area contributed by atoms with Gasteiger partial charge >= 0.3 is 0 Å². The Morgan fingerprint density at radius 1 is 1.11 bits per heavy atom. The van der Waals surface area contributed by atoms with Crippen molar-refractivity contribution in [2.75, 3.05) is 0 Å². The van der Waals surface area contributed by atoms with Crippen molar-refractivity contribution >= 4 is 29.0 Å². The molecule has 0 aliphatic carbocycles. The Morgan fingerprint density at radius 2 is 2.06 bits per heavy atom. The maximum atomic E-state index is 5.85. The molecule has 0 radical (unpaired) electrons. The van der Waals surface area contributed by atoms with Gasteiger partial charge in [0.25, 0.3) is 0 Å². The van der Waals surface area contributed by atoms with Gasteiger partial charge < -0.3 is 0 Å². The summed E-state index contributed by atoms with van der Waals surface area (Å²) in [6.45, 7) is 0. The van der Waals surface area contributed by atoms with Crippen molar-refractivity contribution in [3.8, 4) is 0 Å². The van der Waals surface area contributed by atoms with Gasteiger partial charge in [-0.2, -0.15) is 0 Å². The average molecular weight is 277 g/mol. The molecule has 0 fully saturated rings. The van der Waals surface area contributed by atoms with E-state index in [0.717, 1.165) is 22.3 Å². The van der Waals surface area contributed by atoms with E-state index in [0.29, 0.717) is 5.15 Å². The minimum atomic E-state index is 0.513. The fourth-order valence-corrected chi connectivity index (χ4v) is 2.60. The number of nitrogens with zero attached hydrogens (tertiary/aromatic N) is 4. The van der Waals surface area contributed by atoms with Crippen LogP contribution in [0.4, 0.5) is 0 Å². The van der Waals surface area contributed by atoms with Crippen molar-refractivity contribution in [1.29, 1.82) is 0 Å². The molecule has 0 unspecified atom stereocenters. The number of rotatable bonds is 3.